The van der Waals surface area contributed by atoms with Gasteiger partial charge < -0.3 is 0 Å². The molecule has 2 heterocycles. The van der Waals surface area contributed by atoms with Gasteiger partial charge in [0.05, 0.1) is 9.88 Å². The van der Waals surface area contributed by atoms with Crippen molar-refractivity contribution in [1.29, 1.82) is 0 Å². The molecule has 0 amide bonds. The van der Waals surface area contributed by atoms with Crippen molar-refractivity contribution in [3.05, 3.63) is 35.7 Å². The van der Waals surface area contributed by atoms with E-state index in [4.69, 9.17) is 0 Å². The lowest BCUT2D eigenvalue weighted by molar-refractivity contribution is 1.08. The van der Waals surface area contributed by atoms with Crippen LogP contribution in [0.2, 0.25) is 0 Å². The van der Waals surface area contributed by atoms with E-state index in [-0.39, 0.29) is 0 Å². The van der Waals surface area contributed by atoms with Crippen molar-refractivity contribution in [2.24, 2.45) is 0 Å². The zero-order valence-corrected chi connectivity index (χ0v) is 8.50. The van der Waals surface area contributed by atoms with Crippen LogP contribution in [0.5, 0.6) is 0 Å². The molecule has 0 bridgehead atoms. The van der Waals surface area contributed by atoms with E-state index < -0.39 is 0 Å². The van der Waals surface area contributed by atoms with Gasteiger partial charge in [0.25, 0.3) is 0 Å². The Hall–Kier alpha value is -1.22. The quantitative estimate of drug-likeness (QED) is 0.748. The molecule has 1 fully saturated rings. The summed E-state index contributed by atoms with van der Waals surface area (Å²) in [6.07, 6.45) is 8.28. The summed E-state index contributed by atoms with van der Waals surface area (Å²) < 4.78 is 0. The van der Waals surface area contributed by atoms with Crippen LogP contribution in [0, 0.1) is 0 Å². The second-order valence-corrected chi connectivity index (χ2v) is 4.64. The van der Waals surface area contributed by atoms with E-state index in [1.807, 2.05) is 42.1 Å². The maximum absolute atomic E-state index is 4.45. The van der Waals surface area contributed by atoms with Crippen LogP contribution in [0.3, 0.4) is 0 Å². The molecule has 0 aliphatic heterocycles. The van der Waals surface area contributed by atoms with Crippen LogP contribution in [0.25, 0.3) is 10.4 Å². The number of rotatable bonds is 2. The van der Waals surface area contributed by atoms with E-state index >= 15 is 0 Å². The van der Waals surface area contributed by atoms with Crippen LogP contribution in [0.4, 0.5) is 0 Å². The maximum Gasteiger partial charge on any atom is 0.0962 e. The molecule has 1 saturated carbocycles. The molecule has 0 radical (unpaired) electrons. The van der Waals surface area contributed by atoms with Crippen molar-refractivity contribution in [2.75, 3.05) is 0 Å². The molecule has 2 aromatic rings. The van der Waals surface area contributed by atoms with Crippen molar-refractivity contribution in [2.45, 2.75) is 18.8 Å². The molecule has 2 aromatic heterocycles. The van der Waals surface area contributed by atoms with Crippen molar-refractivity contribution in [3.63, 3.8) is 0 Å². The standard InChI is InChI=1S/C11H10N2S/c1-2-9(1)11-13-7-10(14-11)8-3-5-12-6-4-8/h3-7,9H,1-2H2. The lowest BCUT2D eigenvalue weighted by Gasteiger charge is -1.92. The van der Waals surface area contributed by atoms with E-state index in [1.54, 1.807) is 0 Å². The molecule has 0 spiro atoms. The van der Waals surface area contributed by atoms with Gasteiger partial charge in [-0.05, 0) is 30.5 Å². The van der Waals surface area contributed by atoms with Crippen LogP contribution >= 0.6 is 11.3 Å². The highest BCUT2D eigenvalue weighted by Gasteiger charge is 2.26. The molecule has 70 valence electrons. The lowest BCUT2D eigenvalue weighted by atomic mass is 10.2. The molecular formula is C11H10N2S. The molecule has 3 rings (SSSR count). The third kappa shape index (κ3) is 1.44. The van der Waals surface area contributed by atoms with Crippen molar-refractivity contribution < 1.29 is 0 Å². The Balaban J connectivity index is 1.96. The van der Waals surface area contributed by atoms with Gasteiger partial charge in [-0.3, -0.25) is 4.98 Å². The number of nitrogens with zero attached hydrogens (tertiary/aromatic N) is 2. The van der Waals surface area contributed by atoms with E-state index in [9.17, 15) is 0 Å². The Morgan fingerprint density at radius 3 is 2.71 bits per heavy atom. The van der Waals surface area contributed by atoms with Gasteiger partial charge in [0.15, 0.2) is 0 Å². The molecule has 14 heavy (non-hydrogen) atoms. The Morgan fingerprint density at radius 1 is 1.21 bits per heavy atom. The van der Waals surface area contributed by atoms with E-state index in [0.717, 1.165) is 5.92 Å². The van der Waals surface area contributed by atoms with Gasteiger partial charge in [-0.1, -0.05) is 0 Å². The minimum absolute atomic E-state index is 0.760. The van der Waals surface area contributed by atoms with Crippen LogP contribution in [-0.2, 0) is 0 Å². The van der Waals surface area contributed by atoms with E-state index in [2.05, 4.69) is 9.97 Å². The molecule has 0 unspecified atom stereocenters. The predicted octanol–water partition coefficient (Wildman–Crippen LogP) is 3.08. The zero-order chi connectivity index (χ0) is 9.38. The Labute approximate surface area is 86.7 Å². The Kier molecular flexibility index (Phi) is 1.84. The highest BCUT2D eigenvalue weighted by atomic mass is 32.1. The largest absolute Gasteiger partial charge is 0.265 e. The first-order chi connectivity index (χ1) is 6.93. The minimum atomic E-state index is 0.760. The summed E-state index contributed by atoms with van der Waals surface area (Å²) in [7, 11) is 0. The van der Waals surface area contributed by atoms with Gasteiger partial charge in [0.1, 0.15) is 0 Å². The smallest absolute Gasteiger partial charge is 0.0962 e. The van der Waals surface area contributed by atoms with Crippen molar-refractivity contribution in [1.82, 2.24) is 9.97 Å². The van der Waals surface area contributed by atoms with Crippen LogP contribution in [-0.4, -0.2) is 9.97 Å². The first-order valence-corrected chi connectivity index (χ1v) is 5.61. The number of hydrogen-bond acceptors (Lipinski definition) is 3. The summed E-state index contributed by atoms with van der Waals surface area (Å²) in [6.45, 7) is 0. The van der Waals surface area contributed by atoms with Crippen LogP contribution < -0.4 is 0 Å². The molecule has 0 atom stereocenters. The number of thiazole rings is 1. The number of pyridine rings is 1. The molecule has 0 saturated heterocycles. The van der Waals surface area contributed by atoms with Crippen molar-refractivity contribution in [3.8, 4) is 10.4 Å². The Morgan fingerprint density at radius 2 is 2.00 bits per heavy atom. The SMILES string of the molecule is c1cc(-c2cnc(C3CC3)s2)ccn1. The summed E-state index contributed by atoms with van der Waals surface area (Å²) in [5, 5.41) is 1.30. The highest BCUT2D eigenvalue weighted by Crippen LogP contribution is 2.43. The maximum atomic E-state index is 4.45. The van der Waals surface area contributed by atoms with Crippen molar-refractivity contribution >= 4 is 11.3 Å². The van der Waals surface area contributed by atoms with Gasteiger partial charge in [0.2, 0.25) is 0 Å². The summed E-state index contributed by atoms with van der Waals surface area (Å²) in [4.78, 5) is 9.72. The average molecular weight is 202 g/mol. The minimum Gasteiger partial charge on any atom is -0.265 e. The predicted molar refractivity (Wildman–Crippen MR) is 57.3 cm³/mol. The zero-order valence-electron chi connectivity index (χ0n) is 7.68. The molecular weight excluding hydrogens is 192 g/mol. The molecule has 2 nitrogen and oxygen atoms in total. The van der Waals surface area contributed by atoms with Gasteiger partial charge in [-0.2, -0.15) is 0 Å². The summed E-state index contributed by atoms with van der Waals surface area (Å²) in [5.41, 5.74) is 1.23. The van der Waals surface area contributed by atoms with Gasteiger partial charge in [-0.15, -0.1) is 11.3 Å². The molecule has 0 aromatic carbocycles. The fourth-order valence-electron chi connectivity index (χ4n) is 1.46. The first kappa shape index (κ1) is 8.12. The summed E-state index contributed by atoms with van der Waals surface area (Å²) >= 11 is 1.82. The molecule has 3 heteroatoms. The third-order valence-electron chi connectivity index (χ3n) is 2.41. The van der Waals surface area contributed by atoms with Gasteiger partial charge >= 0.3 is 0 Å². The number of aromatic nitrogens is 2. The molecule has 0 N–H and O–H groups in total. The second-order valence-electron chi connectivity index (χ2n) is 3.57. The third-order valence-corrected chi connectivity index (χ3v) is 3.62. The van der Waals surface area contributed by atoms with Crippen LogP contribution in [0.1, 0.15) is 23.8 Å². The fraction of sp³-hybridized carbons (Fsp3) is 0.273. The van der Waals surface area contributed by atoms with E-state index in [0.29, 0.717) is 0 Å². The summed E-state index contributed by atoms with van der Waals surface area (Å²) in [5.74, 6) is 0.760. The van der Waals surface area contributed by atoms with Gasteiger partial charge in [0, 0.05) is 24.5 Å². The topological polar surface area (TPSA) is 25.8 Å². The second kappa shape index (κ2) is 3.17. The number of hydrogen-bond donors (Lipinski definition) is 0. The van der Waals surface area contributed by atoms with Crippen LogP contribution in [0.15, 0.2) is 30.7 Å². The van der Waals surface area contributed by atoms with Gasteiger partial charge in [-0.25, -0.2) is 4.98 Å². The molecule has 1 aliphatic rings. The monoisotopic (exact) mass is 202 g/mol. The first-order valence-electron chi connectivity index (χ1n) is 4.79. The average Bonchev–Trinajstić information content (AvgIpc) is 2.98. The lowest BCUT2D eigenvalue weighted by Crippen LogP contribution is -1.71. The van der Waals surface area contributed by atoms with E-state index in [1.165, 1.54) is 28.3 Å². The summed E-state index contributed by atoms with van der Waals surface area (Å²) in [6, 6.07) is 4.06. The molecule has 1 aliphatic carbocycles. The highest BCUT2D eigenvalue weighted by molar-refractivity contribution is 7.15. The Bertz CT molecular complexity index is 432. The fourth-order valence-corrected chi connectivity index (χ4v) is 2.55. The normalized spacial score (nSPS) is 15.7.